The molecule has 0 aliphatic carbocycles. The number of nitrogens with zero attached hydrogens (tertiary/aromatic N) is 2. The van der Waals surface area contributed by atoms with Crippen molar-refractivity contribution >= 4 is 0 Å². The van der Waals surface area contributed by atoms with Crippen molar-refractivity contribution in [3.8, 4) is 11.5 Å². The predicted octanol–water partition coefficient (Wildman–Crippen LogP) is 2.53. The van der Waals surface area contributed by atoms with Gasteiger partial charge in [-0.2, -0.15) is 0 Å². The molecule has 4 nitrogen and oxygen atoms in total. The second kappa shape index (κ2) is 4.63. The van der Waals surface area contributed by atoms with Crippen LogP contribution in [0.1, 0.15) is 25.8 Å². The first kappa shape index (κ1) is 11.7. The van der Waals surface area contributed by atoms with E-state index in [1.165, 1.54) is 12.1 Å². The van der Waals surface area contributed by atoms with Crippen LogP contribution >= 0.6 is 0 Å². The van der Waals surface area contributed by atoms with Crippen LogP contribution in [-0.4, -0.2) is 10.2 Å². The van der Waals surface area contributed by atoms with Crippen LogP contribution in [0.15, 0.2) is 28.7 Å². The van der Waals surface area contributed by atoms with E-state index in [9.17, 15) is 4.39 Å². The molecule has 1 unspecified atom stereocenters. The lowest BCUT2D eigenvalue weighted by molar-refractivity contribution is 0.394. The molecule has 0 saturated heterocycles. The van der Waals surface area contributed by atoms with Crippen LogP contribution in [0.3, 0.4) is 0 Å². The van der Waals surface area contributed by atoms with E-state index in [0.717, 1.165) is 0 Å². The van der Waals surface area contributed by atoms with Gasteiger partial charge in [0.2, 0.25) is 11.8 Å². The van der Waals surface area contributed by atoms with Crippen molar-refractivity contribution in [2.75, 3.05) is 0 Å². The van der Waals surface area contributed by atoms with Crippen molar-refractivity contribution in [1.29, 1.82) is 0 Å². The van der Waals surface area contributed by atoms with Gasteiger partial charge in [0.15, 0.2) is 0 Å². The van der Waals surface area contributed by atoms with Crippen molar-refractivity contribution in [1.82, 2.24) is 10.2 Å². The van der Waals surface area contributed by atoms with Gasteiger partial charge in [0, 0.05) is 5.56 Å². The molecular formula is C12H14FN3O. The third-order valence-electron chi connectivity index (χ3n) is 2.52. The minimum absolute atomic E-state index is 0.204. The van der Waals surface area contributed by atoms with Gasteiger partial charge in [-0.1, -0.05) is 19.9 Å². The Morgan fingerprint density at radius 3 is 2.71 bits per heavy atom. The molecule has 1 heterocycles. The fourth-order valence-corrected chi connectivity index (χ4v) is 1.39. The molecule has 0 bridgehead atoms. The summed E-state index contributed by atoms with van der Waals surface area (Å²) in [7, 11) is 0. The van der Waals surface area contributed by atoms with Crippen molar-refractivity contribution in [3.63, 3.8) is 0 Å². The molecule has 0 aliphatic rings. The van der Waals surface area contributed by atoms with Gasteiger partial charge in [-0.15, -0.1) is 10.2 Å². The van der Waals surface area contributed by atoms with E-state index in [-0.39, 0.29) is 23.7 Å². The first-order valence-corrected chi connectivity index (χ1v) is 5.43. The quantitative estimate of drug-likeness (QED) is 0.887. The second-order valence-electron chi connectivity index (χ2n) is 4.23. The summed E-state index contributed by atoms with van der Waals surface area (Å²) in [6.07, 6.45) is 0. The smallest absolute Gasteiger partial charge is 0.247 e. The molecule has 0 radical (unpaired) electrons. The molecule has 1 aromatic carbocycles. The topological polar surface area (TPSA) is 64.9 Å². The molecule has 2 aromatic rings. The summed E-state index contributed by atoms with van der Waals surface area (Å²) in [5.74, 6) is 0.529. The molecule has 90 valence electrons. The van der Waals surface area contributed by atoms with Crippen LogP contribution in [-0.2, 0) is 0 Å². The van der Waals surface area contributed by atoms with Gasteiger partial charge in [0.05, 0.1) is 6.04 Å². The first-order valence-electron chi connectivity index (χ1n) is 5.43. The Bertz CT molecular complexity index is 510. The maximum atomic E-state index is 13.0. The zero-order valence-electron chi connectivity index (χ0n) is 9.72. The van der Waals surface area contributed by atoms with E-state index in [0.29, 0.717) is 11.5 Å². The van der Waals surface area contributed by atoms with E-state index >= 15 is 0 Å². The summed E-state index contributed by atoms with van der Waals surface area (Å²) < 4.78 is 18.5. The van der Waals surface area contributed by atoms with Crippen LogP contribution in [0.2, 0.25) is 0 Å². The number of hydrogen-bond donors (Lipinski definition) is 1. The number of nitrogens with two attached hydrogens (primary N) is 1. The fourth-order valence-electron chi connectivity index (χ4n) is 1.39. The SMILES string of the molecule is CC(C)C(N)c1nnc(-c2cccc(F)c2)o1. The summed E-state index contributed by atoms with van der Waals surface area (Å²) in [6, 6.07) is 5.71. The highest BCUT2D eigenvalue weighted by Gasteiger charge is 2.18. The average Bonchev–Trinajstić information content (AvgIpc) is 2.77. The lowest BCUT2D eigenvalue weighted by Gasteiger charge is -2.09. The van der Waals surface area contributed by atoms with Gasteiger partial charge < -0.3 is 10.2 Å². The minimum atomic E-state index is -0.338. The Kier molecular flexibility index (Phi) is 3.19. The van der Waals surface area contributed by atoms with Crippen LogP contribution < -0.4 is 5.73 Å². The van der Waals surface area contributed by atoms with Crippen LogP contribution in [0, 0.1) is 11.7 Å². The van der Waals surface area contributed by atoms with E-state index in [2.05, 4.69) is 10.2 Å². The molecule has 5 heteroatoms. The molecular weight excluding hydrogens is 221 g/mol. The molecule has 1 atom stereocenters. The molecule has 2 rings (SSSR count). The summed E-state index contributed by atoms with van der Waals surface area (Å²) in [6.45, 7) is 3.94. The average molecular weight is 235 g/mol. The zero-order chi connectivity index (χ0) is 12.4. The van der Waals surface area contributed by atoms with Gasteiger partial charge in [0.1, 0.15) is 5.82 Å². The normalized spacial score (nSPS) is 13.0. The molecule has 0 fully saturated rings. The van der Waals surface area contributed by atoms with E-state index in [1.807, 2.05) is 13.8 Å². The van der Waals surface area contributed by atoms with E-state index in [1.54, 1.807) is 12.1 Å². The monoisotopic (exact) mass is 235 g/mol. The first-order chi connectivity index (χ1) is 8.08. The number of rotatable bonds is 3. The largest absolute Gasteiger partial charge is 0.419 e. The highest BCUT2D eigenvalue weighted by atomic mass is 19.1. The molecule has 17 heavy (non-hydrogen) atoms. The van der Waals surface area contributed by atoms with Crippen molar-refractivity contribution < 1.29 is 8.81 Å². The third kappa shape index (κ3) is 2.50. The van der Waals surface area contributed by atoms with Gasteiger partial charge in [-0.05, 0) is 24.1 Å². The van der Waals surface area contributed by atoms with Crippen LogP contribution in [0.4, 0.5) is 4.39 Å². The number of hydrogen-bond acceptors (Lipinski definition) is 4. The molecule has 1 aromatic heterocycles. The van der Waals surface area contributed by atoms with Gasteiger partial charge in [-0.25, -0.2) is 4.39 Å². The summed E-state index contributed by atoms with van der Waals surface area (Å²) >= 11 is 0. The third-order valence-corrected chi connectivity index (χ3v) is 2.52. The molecule has 0 spiro atoms. The molecule has 2 N–H and O–H groups in total. The Labute approximate surface area is 98.7 Å². The number of aromatic nitrogens is 2. The van der Waals surface area contributed by atoms with Crippen molar-refractivity contribution in [3.05, 3.63) is 36.0 Å². The van der Waals surface area contributed by atoms with E-state index in [4.69, 9.17) is 10.2 Å². The lowest BCUT2D eigenvalue weighted by atomic mass is 10.1. The lowest BCUT2D eigenvalue weighted by Crippen LogP contribution is -2.16. The Morgan fingerprint density at radius 2 is 2.06 bits per heavy atom. The Morgan fingerprint density at radius 1 is 1.29 bits per heavy atom. The Balaban J connectivity index is 2.30. The standard InChI is InChI=1S/C12H14FN3O/c1-7(2)10(14)12-16-15-11(17-12)8-4-3-5-9(13)6-8/h3-7,10H,14H2,1-2H3. The highest BCUT2D eigenvalue weighted by molar-refractivity contribution is 5.52. The molecule has 0 amide bonds. The zero-order valence-corrected chi connectivity index (χ0v) is 9.72. The van der Waals surface area contributed by atoms with Crippen molar-refractivity contribution in [2.24, 2.45) is 11.7 Å². The van der Waals surface area contributed by atoms with Gasteiger partial charge in [-0.3, -0.25) is 0 Å². The van der Waals surface area contributed by atoms with Crippen molar-refractivity contribution in [2.45, 2.75) is 19.9 Å². The van der Waals surface area contributed by atoms with Gasteiger partial charge >= 0.3 is 0 Å². The van der Waals surface area contributed by atoms with E-state index < -0.39 is 0 Å². The fraction of sp³-hybridized carbons (Fsp3) is 0.333. The summed E-state index contributed by atoms with van der Waals surface area (Å²) in [5, 5.41) is 7.75. The predicted molar refractivity (Wildman–Crippen MR) is 61.5 cm³/mol. The maximum absolute atomic E-state index is 13.0. The second-order valence-corrected chi connectivity index (χ2v) is 4.23. The Hall–Kier alpha value is -1.75. The maximum Gasteiger partial charge on any atom is 0.247 e. The number of benzene rings is 1. The molecule has 0 saturated carbocycles. The summed E-state index contributed by atoms with van der Waals surface area (Å²) in [5.41, 5.74) is 6.44. The molecule has 0 aliphatic heterocycles. The summed E-state index contributed by atoms with van der Waals surface area (Å²) in [4.78, 5) is 0. The number of halogens is 1. The highest BCUT2D eigenvalue weighted by Crippen LogP contribution is 2.23. The van der Waals surface area contributed by atoms with Crippen LogP contribution in [0.25, 0.3) is 11.5 Å². The van der Waals surface area contributed by atoms with Crippen LogP contribution in [0.5, 0.6) is 0 Å². The van der Waals surface area contributed by atoms with Gasteiger partial charge in [0.25, 0.3) is 0 Å². The minimum Gasteiger partial charge on any atom is -0.419 e.